The lowest BCUT2D eigenvalue weighted by molar-refractivity contribution is 0.510. The number of benzene rings is 1. The van der Waals surface area contributed by atoms with Gasteiger partial charge in [0.25, 0.3) is 0 Å². The predicted octanol–water partition coefficient (Wildman–Crippen LogP) is 3.27. The molecule has 0 amide bonds. The van der Waals surface area contributed by atoms with Crippen LogP contribution < -0.4 is 16.0 Å². The number of hydrogen-bond acceptors (Lipinski definition) is 3. The average molecular weight is 385 g/mol. The van der Waals surface area contributed by atoms with Crippen molar-refractivity contribution in [1.82, 2.24) is 20.4 Å². The molecule has 6 heteroatoms. The van der Waals surface area contributed by atoms with E-state index in [1.54, 1.807) is 0 Å². The van der Waals surface area contributed by atoms with E-state index in [4.69, 9.17) is 0 Å². The fraction of sp³-hybridized carbons (Fsp3) is 0.545. The molecule has 0 bridgehead atoms. The van der Waals surface area contributed by atoms with E-state index in [-0.39, 0.29) is 6.04 Å². The van der Waals surface area contributed by atoms with Gasteiger partial charge >= 0.3 is 0 Å². The van der Waals surface area contributed by atoms with E-state index in [9.17, 15) is 0 Å². The summed E-state index contributed by atoms with van der Waals surface area (Å²) in [5, 5.41) is 15.1. The van der Waals surface area contributed by atoms with Crippen LogP contribution in [0.1, 0.15) is 37.7 Å². The smallest absolute Gasteiger partial charge is 0.191 e. The lowest BCUT2D eigenvalue weighted by atomic mass is 10.0. The molecule has 0 saturated heterocycles. The molecule has 0 radical (unpaired) electrons. The quantitative estimate of drug-likeness (QED) is 0.483. The minimum absolute atomic E-state index is 0.257. The van der Waals surface area contributed by atoms with Gasteiger partial charge in [-0.2, -0.15) is 5.10 Å². The van der Waals surface area contributed by atoms with Crippen LogP contribution in [-0.2, 0) is 13.5 Å². The van der Waals surface area contributed by atoms with Crippen molar-refractivity contribution >= 4 is 11.6 Å². The monoisotopic (exact) mass is 384 g/mol. The van der Waals surface area contributed by atoms with E-state index < -0.39 is 0 Å². The number of guanidine groups is 1. The summed E-state index contributed by atoms with van der Waals surface area (Å²) in [6.45, 7) is 11.6. The number of aliphatic imine (C=N–C) groups is 1. The summed E-state index contributed by atoms with van der Waals surface area (Å²) in [6, 6.07) is 10.9. The van der Waals surface area contributed by atoms with Crippen molar-refractivity contribution in [3.63, 3.8) is 0 Å². The number of aromatic nitrogens is 2. The van der Waals surface area contributed by atoms with Crippen molar-refractivity contribution in [2.75, 3.05) is 18.9 Å². The van der Waals surface area contributed by atoms with Crippen molar-refractivity contribution in [2.45, 2.75) is 53.1 Å². The Kier molecular flexibility index (Phi) is 7.91. The Morgan fingerprint density at radius 2 is 1.82 bits per heavy atom. The van der Waals surface area contributed by atoms with E-state index in [2.05, 4.69) is 84.9 Å². The van der Waals surface area contributed by atoms with Gasteiger partial charge in [0.2, 0.25) is 0 Å². The van der Waals surface area contributed by atoms with Crippen molar-refractivity contribution < 1.29 is 0 Å². The maximum Gasteiger partial charge on any atom is 0.191 e. The summed E-state index contributed by atoms with van der Waals surface area (Å²) < 4.78 is 1.95. The standard InChI is InChI=1S/C22H36N6/c1-15(2)21(26-19-11-9-8-10-12-19)14-24-22(23-6)25-16(3)13-20-17(4)27-28(7)18(20)5/h8-12,15-16,21,26H,13-14H2,1-7H3,(H2,23,24,25). The van der Waals surface area contributed by atoms with Crippen molar-refractivity contribution in [3.05, 3.63) is 47.3 Å². The first-order valence-corrected chi connectivity index (χ1v) is 10.1. The molecule has 0 fully saturated rings. The van der Waals surface area contributed by atoms with E-state index in [0.29, 0.717) is 12.0 Å². The van der Waals surface area contributed by atoms with Gasteiger partial charge in [-0.3, -0.25) is 9.67 Å². The zero-order chi connectivity index (χ0) is 20.7. The van der Waals surface area contributed by atoms with Crippen LogP contribution in [0.5, 0.6) is 0 Å². The number of nitrogens with zero attached hydrogens (tertiary/aromatic N) is 3. The highest BCUT2D eigenvalue weighted by atomic mass is 15.3. The fourth-order valence-electron chi connectivity index (χ4n) is 3.31. The molecule has 0 spiro atoms. The van der Waals surface area contributed by atoms with Crippen LogP contribution in [0.4, 0.5) is 5.69 Å². The topological polar surface area (TPSA) is 66.3 Å². The lowest BCUT2D eigenvalue weighted by Gasteiger charge is -2.26. The molecule has 1 aromatic heterocycles. The molecule has 154 valence electrons. The molecule has 3 N–H and O–H groups in total. The Bertz CT molecular complexity index is 763. The third-order valence-corrected chi connectivity index (χ3v) is 5.20. The summed E-state index contributed by atoms with van der Waals surface area (Å²) in [4.78, 5) is 4.40. The molecule has 0 aliphatic rings. The van der Waals surface area contributed by atoms with Crippen LogP contribution in [0.25, 0.3) is 0 Å². The van der Waals surface area contributed by atoms with Gasteiger partial charge in [0.1, 0.15) is 0 Å². The molecular formula is C22H36N6. The zero-order valence-electron chi connectivity index (χ0n) is 18.4. The fourth-order valence-corrected chi connectivity index (χ4v) is 3.31. The summed E-state index contributed by atoms with van der Waals surface area (Å²) in [7, 11) is 3.81. The molecule has 2 aromatic rings. The van der Waals surface area contributed by atoms with Gasteiger partial charge in [-0.25, -0.2) is 0 Å². The Balaban J connectivity index is 1.91. The molecule has 6 nitrogen and oxygen atoms in total. The average Bonchev–Trinajstić information content (AvgIpc) is 2.90. The number of nitrogens with one attached hydrogen (secondary N) is 3. The Morgan fingerprint density at radius 1 is 1.14 bits per heavy atom. The second-order valence-corrected chi connectivity index (χ2v) is 7.84. The van der Waals surface area contributed by atoms with Gasteiger partial charge in [-0.15, -0.1) is 0 Å². The number of para-hydroxylation sites is 1. The van der Waals surface area contributed by atoms with Crippen molar-refractivity contribution in [1.29, 1.82) is 0 Å². The Hall–Kier alpha value is -2.50. The first-order valence-electron chi connectivity index (χ1n) is 10.1. The maximum atomic E-state index is 4.52. The molecule has 2 unspecified atom stereocenters. The van der Waals surface area contributed by atoms with Gasteiger partial charge in [-0.1, -0.05) is 32.0 Å². The van der Waals surface area contributed by atoms with Gasteiger partial charge in [-0.05, 0) is 50.8 Å². The molecule has 28 heavy (non-hydrogen) atoms. The SMILES string of the molecule is CN=C(NCC(Nc1ccccc1)C(C)C)NC(C)Cc1c(C)nn(C)c1C. The van der Waals surface area contributed by atoms with E-state index in [1.165, 1.54) is 11.3 Å². The van der Waals surface area contributed by atoms with Crippen LogP contribution in [0.2, 0.25) is 0 Å². The highest BCUT2D eigenvalue weighted by Crippen LogP contribution is 2.14. The molecule has 2 atom stereocenters. The number of aryl methyl sites for hydroxylation is 2. The van der Waals surface area contributed by atoms with Gasteiger partial charge in [0.15, 0.2) is 5.96 Å². The molecular weight excluding hydrogens is 348 g/mol. The number of anilines is 1. The van der Waals surface area contributed by atoms with E-state index in [1.807, 2.05) is 24.8 Å². The second kappa shape index (κ2) is 10.2. The summed E-state index contributed by atoms with van der Waals surface area (Å²) in [5.74, 6) is 1.32. The molecule has 0 aliphatic carbocycles. The molecule has 1 aromatic carbocycles. The highest BCUT2D eigenvalue weighted by molar-refractivity contribution is 5.80. The first-order chi connectivity index (χ1) is 13.3. The normalized spacial score (nSPS) is 14.1. The van der Waals surface area contributed by atoms with Crippen LogP contribution in [-0.4, -0.2) is 41.4 Å². The predicted molar refractivity (Wildman–Crippen MR) is 119 cm³/mol. The largest absolute Gasteiger partial charge is 0.380 e. The van der Waals surface area contributed by atoms with Gasteiger partial charge in [0, 0.05) is 44.1 Å². The second-order valence-electron chi connectivity index (χ2n) is 7.84. The third kappa shape index (κ3) is 6.01. The number of hydrogen-bond donors (Lipinski definition) is 3. The van der Waals surface area contributed by atoms with Crippen LogP contribution in [0.3, 0.4) is 0 Å². The Labute approximate surface area is 169 Å². The zero-order valence-corrected chi connectivity index (χ0v) is 18.4. The van der Waals surface area contributed by atoms with Crippen LogP contribution >= 0.6 is 0 Å². The minimum atomic E-state index is 0.257. The highest BCUT2D eigenvalue weighted by Gasteiger charge is 2.16. The van der Waals surface area contributed by atoms with E-state index in [0.717, 1.165) is 30.3 Å². The number of rotatable bonds is 8. The molecule has 0 saturated carbocycles. The summed E-state index contributed by atoms with van der Waals surface area (Å²) >= 11 is 0. The maximum absolute atomic E-state index is 4.52. The third-order valence-electron chi connectivity index (χ3n) is 5.20. The van der Waals surface area contributed by atoms with E-state index >= 15 is 0 Å². The summed E-state index contributed by atoms with van der Waals surface area (Å²) in [5.41, 5.74) is 4.77. The molecule has 0 aliphatic heterocycles. The summed E-state index contributed by atoms with van der Waals surface area (Å²) in [6.07, 6.45) is 0.919. The molecule has 2 rings (SSSR count). The van der Waals surface area contributed by atoms with Gasteiger partial charge < -0.3 is 16.0 Å². The van der Waals surface area contributed by atoms with Crippen LogP contribution in [0.15, 0.2) is 35.3 Å². The first kappa shape index (κ1) is 21.8. The van der Waals surface area contributed by atoms with Crippen molar-refractivity contribution in [3.8, 4) is 0 Å². The minimum Gasteiger partial charge on any atom is -0.380 e. The molecule has 1 heterocycles. The van der Waals surface area contributed by atoms with Crippen LogP contribution in [0, 0.1) is 19.8 Å². The van der Waals surface area contributed by atoms with Gasteiger partial charge in [0.05, 0.1) is 5.69 Å². The van der Waals surface area contributed by atoms with Crippen molar-refractivity contribution in [2.24, 2.45) is 18.0 Å². The Morgan fingerprint density at radius 3 is 2.36 bits per heavy atom. The lowest BCUT2D eigenvalue weighted by Crippen LogP contribution is -2.47.